The van der Waals surface area contributed by atoms with E-state index < -0.39 is 23.3 Å². The first-order valence-corrected chi connectivity index (χ1v) is 13.0. The number of hydrogen-bond acceptors (Lipinski definition) is 4. The lowest BCUT2D eigenvalue weighted by molar-refractivity contribution is -0.122. The smallest absolute Gasteiger partial charge is 0.259 e. The first-order chi connectivity index (χ1) is 17.9. The summed E-state index contributed by atoms with van der Waals surface area (Å²) >= 11 is 0. The van der Waals surface area contributed by atoms with Gasteiger partial charge in [-0.2, -0.15) is 0 Å². The molecule has 0 saturated heterocycles. The van der Waals surface area contributed by atoms with Gasteiger partial charge in [0.15, 0.2) is 0 Å². The quantitative estimate of drug-likeness (QED) is 0.281. The summed E-state index contributed by atoms with van der Waals surface area (Å²) in [6.07, 6.45) is 8.52. The summed E-state index contributed by atoms with van der Waals surface area (Å²) in [5.41, 5.74) is 2.16. The number of amides is 2. The highest BCUT2D eigenvalue weighted by molar-refractivity contribution is 6.50. The van der Waals surface area contributed by atoms with Crippen LogP contribution in [-0.2, 0) is 15.3 Å². The van der Waals surface area contributed by atoms with E-state index in [4.69, 9.17) is 4.42 Å². The van der Waals surface area contributed by atoms with Crippen molar-refractivity contribution in [3.05, 3.63) is 71.9 Å². The van der Waals surface area contributed by atoms with Gasteiger partial charge < -0.3 is 8.98 Å². The Morgan fingerprint density at radius 1 is 1.00 bits per heavy atom. The summed E-state index contributed by atoms with van der Waals surface area (Å²) in [5, 5.41) is 7.42. The molecule has 0 spiro atoms. The molecule has 2 N–H and O–H groups in total. The lowest BCUT2D eigenvalue weighted by Crippen LogP contribution is -2.50. The minimum Gasteiger partial charge on any atom is -0.464 e. The molecule has 2 aromatic heterocycles. The zero-order chi connectivity index (χ0) is 25.7. The number of hydrogen-bond donors (Lipinski definition) is 2. The van der Waals surface area contributed by atoms with Crippen molar-refractivity contribution in [3.63, 3.8) is 0 Å². The van der Waals surface area contributed by atoms with Crippen LogP contribution in [0.2, 0.25) is 0 Å². The first-order valence-electron chi connectivity index (χ1n) is 13.0. The van der Waals surface area contributed by atoms with E-state index in [0.29, 0.717) is 33.5 Å². The minimum atomic E-state index is -0.529. The molecule has 3 heterocycles. The Labute approximate surface area is 226 Å². The number of rotatable bonds is 6. The van der Waals surface area contributed by atoms with Crippen molar-refractivity contribution in [1.82, 2.24) is 15.2 Å². The molecule has 1 fully saturated rings. The van der Waals surface area contributed by atoms with Crippen molar-refractivity contribution < 1.29 is 18.4 Å². The summed E-state index contributed by atoms with van der Waals surface area (Å²) in [7, 11) is 0. The number of aromatic nitrogens is 1. The molecule has 0 unspecified atom stereocenters. The average molecular weight is 536 g/mol. The second-order valence-corrected chi connectivity index (χ2v) is 10.6. The number of fused-ring (bicyclic) bond motifs is 2. The number of para-hydroxylation sites is 1. The van der Waals surface area contributed by atoms with Gasteiger partial charge in [-0.05, 0) is 56.3 Å². The van der Waals surface area contributed by atoms with Gasteiger partial charge in [-0.1, -0.05) is 44.5 Å². The monoisotopic (exact) mass is 535 g/mol. The van der Waals surface area contributed by atoms with Crippen LogP contribution in [0.5, 0.6) is 0 Å². The molecule has 1 saturated carbocycles. The largest absolute Gasteiger partial charge is 0.464 e. The lowest BCUT2D eigenvalue weighted by Gasteiger charge is -2.41. The van der Waals surface area contributed by atoms with Crippen molar-refractivity contribution in [3.8, 4) is 0 Å². The molecule has 0 atom stereocenters. The molecular formula is C30H31ClFN3O3. The van der Waals surface area contributed by atoms with Gasteiger partial charge in [0.05, 0.1) is 28.6 Å². The van der Waals surface area contributed by atoms with Crippen LogP contribution in [0.4, 0.5) is 4.39 Å². The van der Waals surface area contributed by atoms with Crippen LogP contribution >= 0.6 is 12.4 Å². The highest BCUT2D eigenvalue weighted by atomic mass is 35.5. The van der Waals surface area contributed by atoms with Crippen LogP contribution in [0, 0.1) is 11.7 Å². The molecular weight excluding hydrogens is 505 g/mol. The van der Waals surface area contributed by atoms with Crippen LogP contribution in [0.3, 0.4) is 0 Å². The second-order valence-electron chi connectivity index (χ2n) is 10.6. The maximum atomic E-state index is 15.6. The zero-order valence-corrected chi connectivity index (χ0v) is 22.3. The highest BCUT2D eigenvalue weighted by Gasteiger charge is 2.39. The molecule has 8 heteroatoms. The Kier molecular flexibility index (Phi) is 6.92. The molecule has 6 nitrogen and oxygen atoms in total. The standard InChI is InChI=1S/C30H30FN3O3.ClH/c1-18(2)16-32-30(13-4-3-5-14-30)34-17-21(24-22(31)10-7-11-23(24)34)26-25(28(35)33-29(26)36)20-9-6-8-19-12-15-37-27(19)20;/h6-12,15,17-18,32H,3-5,13-14,16H2,1-2H3,(H,33,35,36);1H. The summed E-state index contributed by atoms with van der Waals surface area (Å²) in [6, 6.07) is 12.3. The van der Waals surface area contributed by atoms with E-state index in [-0.39, 0.29) is 23.6 Å². The lowest BCUT2D eigenvalue weighted by atomic mass is 9.88. The van der Waals surface area contributed by atoms with Crippen LogP contribution in [0.15, 0.2) is 59.3 Å². The van der Waals surface area contributed by atoms with E-state index in [1.807, 2.05) is 30.5 Å². The molecule has 2 aliphatic rings. The van der Waals surface area contributed by atoms with Crippen molar-refractivity contribution in [2.24, 2.45) is 5.92 Å². The third-order valence-corrected chi connectivity index (χ3v) is 7.71. The van der Waals surface area contributed by atoms with Gasteiger partial charge in [-0.25, -0.2) is 4.39 Å². The first kappa shape index (κ1) is 26.2. The Morgan fingerprint density at radius 3 is 2.45 bits per heavy atom. The van der Waals surface area contributed by atoms with Gasteiger partial charge in [-0.3, -0.25) is 20.2 Å². The maximum Gasteiger partial charge on any atom is 0.259 e. The number of carbonyl (C=O) groups excluding carboxylic acids is 2. The molecule has 1 aliphatic heterocycles. The van der Waals surface area contributed by atoms with Gasteiger partial charge in [-0.15, -0.1) is 12.4 Å². The van der Waals surface area contributed by atoms with Crippen molar-refractivity contribution >= 4 is 57.2 Å². The molecule has 198 valence electrons. The maximum absolute atomic E-state index is 15.6. The van der Waals surface area contributed by atoms with Crippen LogP contribution < -0.4 is 10.6 Å². The van der Waals surface area contributed by atoms with E-state index in [0.717, 1.165) is 44.0 Å². The van der Waals surface area contributed by atoms with E-state index in [9.17, 15) is 9.59 Å². The Morgan fingerprint density at radius 2 is 1.71 bits per heavy atom. The predicted octanol–water partition coefficient (Wildman–Crippen LogP) is 6.38. The molecule has 1 aliphatic carbocycles. The number of halogens is 2. The topological polar surface area (TPSA) is 76.3 Å². The Hall–Kier alpha value is -3.42. The SMILES string of the molecule is CC(C)CNC1(n2cc(C3=C(c4cccc5ccoc45)C(=O)NC3=O)c3c(F)cccc32)CCCCC1.Cl. The van der Waals surface area contributed by atoms with E-state index in [1.165, 1.54) is 6.07 Å². The van der Waals surface area contributed by atoms with Gasteiger partial charge >= 0.3 is 0 Å². The van der Waals surface area contributed by atoms with Crippen molar-refractivity contribution in [1.29, 1.82) is 0 Å². The van der Waals surface area contributed by atoms with Crippen LogP contribution in [-0.4, -0.2) is 22.9 Å². The molecule has 4 aromatic rings. The summed E-state index contributed by atoms with van der Waals surface area (Å²) in [6.45, 7) is 5.16. The molecule has 6 rings (SSSR count). The summed E-state index contributed by atoms with van der Waals surface area (Å²) < 4.78 is 23.4. The molecule has 38 heavy (non-hydrogen) atoms. The number of imide groups is 1. The molecule has 0 radical (unpaired) electrons. The zero-order valence-electron chi connectivity index (χ0n) is 21.5. The van der Waals surface area contributed by atoms with E-state index in [2.05, 4.69) is 29.0 Å². The molecule has 2 amide bonds. The van der Waals surface area contributed by atoms with E-state index in [1.54, 1.807) is 18.4 Å². The highest BCUT2D eigenvalue weighted by Crippen LogP contribution is 2.42. The third kappa shape index (κ3) is 4.14. The van der Waals surface area contributed by atoms with Gasteiger partial charge in [0.1, 0.15) is 11.4 Å². The predicted molar refractivity (Wildman–Crippen MR) is 149 cm³/mol. The number of furan rings is 1. The normalized spacial score (nSPS) is 17.5. The fourth-order valence-corrected chi connectivity index (χ4v) is 5.98. The van der Waals surface area contributed by atoms with Crippen LogP contribution in [0.25, 0.3) is 33.0 Å². The Bertz CT molecular complexity index is 1580. The van der Waals surface area contributed by atoms with Crippen molar-refractivity contribution in [2.45, 2.75) is 51.6 Å². The van der Waals surface area contributed by atoms with Gasteiger partial charge in [0, 0.05) is 28.1 Å². The number of benzene rings is 2. The minimum absolute atomic E-state index is 0. The Balaban J connectivity index is 0.00000294. The van der Waals surface area contributed by atoms with E-state index >= 15 is 4.39 Å². The van der Waals surface area contributed by atoms with Gasteiger partial charge in [0.2, 0.25) is 0 Å². The average Bonchev–Trinajstić information content (AvgIpc) is 3.59. The molecule has 2 aromatic carbocycles. The summed E-state index contributed by atoms with van der Waals surface area (Å²) in [5.74, 6) is -1.01. The van der Waals surface area contributed by atoms with Crippen molar-refractivity contribution in [2.75, 3.05) is 6.54 Å². The molecule has 0 bridgehead atoms. The number of nitrogens with zero attached hydrogens (tertiary/aromatic N) is 1. The van der Waals surface area contributed by atoms with Crippen LogP contribution in [0.1, 0.15) is 57.1 Å². The fraction of sp³-hybridized carbons (Fsp3) is 0.333. The van der Waals surface area contributed by atoms with Gasteiger partial charge in [0.25, 0.3) is 11.8 Å². The third-order valence-electron chi connectivity index (χ3n) is 7.71. The summed E-state index contributed by atoms with van der Waals surface area (Å²) in [4.78, 5) is 26.5. The fourth-order valence-electron chi connectivity index (χ4n) is 5.98. The second kappa shape index (κ2) is 10.0. The number of carbonyl (C=O) groups is 2. The number of nitrogens with one attached hydrogen (secondary N) is 2.